The third-order valence-corrected chi connectivity index (χ3v) is 5.71. The summed E-state index contributed by atoms with van der Waals surface area (Å²) in [6.07, 6.45) is 11.8. The van der Waals surface area contributed by atoms with Gasteiger partial charge < -0.3 is 18.9 Å². The molecular weight excluding hydrogens is 512 g/mol. The van der Waals surface area contributed by atoms with Crippen molar-refractivity contribution < 1.29 is 38.1 Å². The van der Waals surface area contributed by atoms with E-state index in [4.69, 9.17) is 18.9 Å². The van der Waals surface area contributed by atoms with Gasteiger partial charge in [-0.25, -0.2) is 0 Å². The van der Waals surface area contributed by atoms with Crippen LogP contribution in [-0.4, -0.2) is 50.3 Å². The summed E-state index contributed by atoms with van der Waals surface area (Å²) in [6.45, 7) is 21.3. The molecule has 0 aromatic heterocycles. The summed E-state index contributed by atoms with van der Waals surface area (Å²) in [4.78, 5) is 51.7. The predicted molar refractivity (Wildman–Crippen MR) is 156 cm³/mol. The number of carbonyl (C=O) groups excluding carboxylic acids is 4. The van der Waals surface area contributed by atoms with Crippen molar-refractivity contribution in [2.24, 2.45) is 11.8 Å². The molecule has 0 aromatic rings. The first kappa shape index (κ1) is 35.8. The zero-order valence-electron chi connectivity index (χ0n) is 24.1. The second-order valence-electron chi connectivity index (χ2n) is 8.86. The van der Waals surface area contributed by atoms with Gasteiger partial charge >= 0.3 is 23.9 Å². The Morgan fingerprint density at radius 1 is 0.500 bits per heavy atom. The van der Waals surface area contributed by atoms with Crippen LogP contribution in [0.1, 0.15) is 40.5 Å². The summed E-state index contributed by atoms with van der Waals surface area (Å²) in [5.41, 5.74) is 3.11. The molecule has 0 aliphatic heterocycles. The van der Waals surface area contributed by atoms with Crippen LogP contribution >= 0.6 is 0 Å². The smallest absolute Gasteiger partial charge is 0.310 e. The number of allylic oxidation sites excluding steroid dienone is 8. The molecule has 0 radical (unpaired) electrons. The van der Waals surface area contributed by atoms with Crippen molar-refractivity contribution in [2.75, 3.05) is 26.4 Å². The molecule has 0 saturated carbocycles. The molecule has 0 spiro atoms. The molecule has 218 valence electrons. The number of hydrogen-bond acceptors (Lipinski definition) is 8. The SMILES string of the molecule is C=CC(C)=CCOC(=O)CC(C(=O)OCC=C(C)C=C)C(CC(=O)OCC=C(C)C=C)C(=O)OCC=C(C)C=C. The molecule has 2 atom stereocenters. The van der Waals surface area contributed by atoms with Crippen molar-refractivity contribution in [2.45, 2.75) is 40.5 Å². The summed E-state index contributed by atoms with van der Waals surface area (Å²) >= 11 is 0. The van der Waals surface area contributed by atoms with Crippen LogP contribution < -0.4 is 0 Å². The molecule has 40 heavy (non-hydrogen) atoms. The number of hydrogen-bond donors (Lipinski definition) is 0. The van der Waals surface area contributed by atoms with Crippen LogP contribution in [0, 0.1) is 11.8 Å². The Balaban J connectivity index is 6.08. The molecule has 0 heterocycles. The number of esters is 4. The van der Waals surface area contributed by atoms with Crippen LogP contribution in [0.2, 0.25) is 0 Å². The van der Waals surface area contributed by atoms with Crippen molar-refractivity contribution in [3.05, 3.63) is 97.2 Å². The molecule has 8 heteroatoms. The highest BCUT2D eigenvalue weighted by atomic mass is 16.5. The molecule has 0 aliphatic carbocycles. The molecule has 2 unspecified atom stereocenters. The normalized spacial score (nSPS) is 13.8. The van der Waals surface area contributed by atoms with Crippen molar-refractivity contribution in [1.82, 2.24) is 0 Å². The van der Waals surface area contributed by atoms with E-state index in [1.54, 1.807) is 76.3 Å². The largest absolute Gasteiger partial charge is 0.461 e. The highest BCUT2D eigenvalue weighted by Gasteiger charge is 2.40. The lowest BCUT2D eigenvalue weighted by atomic mass is 9.86. The van der Waals surface area contributed by atoms with Crippen molar-refractivity contribution >= 4 is 23.9 Å². The lowest BCUT2D eigenvalue weighted by Gasteiger charge is -2.23. The standard InChI is InChI=1S/C32H42O8/c1-9-23(5)13-17-37-29(33)21-27(31(35)39-19-15-25(7)11-3)28(32(36)40-20-16-26(8)12-4)22-30(34)38-18-14-24(6)10-2/h9-16,27-28H,1-4,17-22H2,5-8H3. The minimum absolute atomic E-state index is 0.0580. The zero-order chi connectivity index (χ0) is 30.5. The van der Waals surface area contributed by atoms with E-state index in [1.807, 2.05) is 0 Å². The Morgan fingerprint density at radius 3 is 1.00 bits per heavy atom. The Labute approximate surface area is 238 Å². The van der Waals surface area contributed by atoms with Crippen molar-refractivity contribution in [3.8, 4) is 0 Å². The zero-order valence-corrected chi connectivity index (χ0v) is 24.1. The maximum absolute atomic E-state index is 13.2. The first-order valence-corrected chi connectivity index (χ1v) is 12.8. The molecule has 0 N–H and O–H groups in total. The van der Waals surface area contributed by atoms with E-state index in [0.29, 0.717) is 0 Å². The Morgan fingerprint density at radius 2 is 0.750 bits per heavy atom. The fourth-order valence-corrected chi connectivity index (χ4v) is 2.85. The Kier molecular flexibility index (Phi) is 18.5. The highest BCUT2D eigenvalue weighted by molar-refractivity contribution is 5.88. The average Bonchev–Trinajstić information content (AvgIpc) is 2.93. The highest BCUT2D eigenvalue weighted by Crippen LogP contribution is 2.25. The van der Waals surface area contributed by atoms with Gasteiger partial charge in [-0.3, -0.25) is 19.2 Å². The number of carbonyl (C=O) groups is 4. The second-order valence-corrected chi connectivity index (χ2v) is 8.86. The third-order valence-electron chi connectivity index (χ3n) is 5.71. The summed E-state index contributed by atoms with van der Waals surface area (Å²) in [6, 6.07) is 0. The van der Waals surface area contributed by atoms with Gasteiger partial charge in [0.05, 0.1) is 24.7 Å². The van der Waals surface area contributed by atoms with Gasteiger partial charge in [-0.1, -0.05) is 72.9 Å². The molecule has 0 fully saturated rings. The molecule has 0 amide bonds. The van der Waals surface area contributed by atoms with Crippen LogP contribution in [0.25, 0.3) is 0 Å². The van der Waals surface area contributed by atoms with Gasteiger partial charge in [0.1, 0.15) is 26.4 Å². The summed E-state index contributed by atoms with van der Waals surface area (Å²) in [5.74, 6) is -5.98. The molecule has 8 nitrogen and oxygen atoms in total. The van der Waals surface area contributed by atoms with Gasteiger partial charge in [-0.15, -0.1) is 0 Å². The van der Waals surface area contributed by atoms with Gasteiger partial charge in [-0.05, 0) is 52.0 Å². The van der Waals surface area contributed by atoms with Gasteiger partial charge in [0, 0.05) is 0 Å². The van der Waals surface area contributed by atoms with Gasteiger partial charge in [0.15, 0.2) is 0 Å². The lowest BCUT2D eigenvalue weighted by molar-refractivity contribution is -0.166. The van der Waals surface area contributed by atoms with Crippen LogP contribution in [0.3, 0.4) is 0 Å². The van der Waals surface area contributed by atoms with E-state index in [2.05, 4.69) is 26.3 Å². The molecule has 0 rings (SSSR count). The van der Waals surface area contributed by atoms with Gasteiger partial charge in [-0.2, -0.15) is 0 Å². The predicted octanol–water partition coefficient (Wildman–Crippen LogP) is 5.70. The van der Waals surface area contributed by atoms with Crippen molar-refractivity contribution in [1.29, 1.82) is 0 Å². The van der Waals surface area contributed by atoms with Crippen LogP contribution in [-0.2, 0) is 38.1 Å². The molecular formula is C32H42O8. The summed E-state index contributed by atoms with van der Waals surface area (Å²) in [7, 11) is 0. The van der Waals surface area contributed by atoms with E-state index in [-0.39, 0.29) is 26.4 Å². The first-order chi connectivity index (χ1) is 19.0. The molecule has 0 saturated heterocycles. The minimum atomic E-state index is -1.37. The van der Waals surface area contributed by atoms with Crippen molar-refractivity contribution in [3.63, 3.8) is 0 Å². The number of ether oxygens (including phenoxy) is 4. The van der Waals surface area contributed by atoms with E-state index >= 15 is 0 Å². The lowest BCUT2D eigenvalue weighted by Crippen LogP contribution is -2.36. The topological polar surface area (TPSA) is 105 Å². The fraction of sp³-hybridized carbons (Fsp3) is 0.375. The second kappa shape index (κ2) is 20.7. The fourth-order valence-electron chi connectivity index (χ4n) is 2.85. The van der Waals surface area contributed by atoms with Gasteiger partial charge in [0.25, 0.3) is 0 Å². The molecule has 0 aliphatic rings. The minimum Gasteiger partial charge on any atom is -0.461 e. The maximum Gasteiger partial charge on any atom is 0.310 e. The summed E-state index contributed by atoms with van der Waals surface area (Å²) in [5, 5.41) is 0. The van der Waals surface area contributed by atoms with E-state index in [9.17, 15) is 19.2 Å². The van der Waals surface area contributed by atoms with E-state index < -0.39 is 48.6 Å². The Hall–Kier alpha value is -4.20. The van der Waals surface area contributed by atoms with Crippen LogP contribution in [0.5, 0.6) is 0 Å². The first-order valence-electron chi connectivity index (χ1n) is 12.8. The Bertz CT molecular complexity index is 971. The maximum atomic E-state index is 13.2. The quantitative estimate of drug-likeness (QED) is 0.114. The number of rotatable bonds is 19. The van der Waals surface area contributed by atoms with Crippen LogP contribution in [0.15, 0.2) is 97.2 Å². The van der Waals surface area contributed by atoms with E-state index in [1.165, 1.54) is 0 Å². The monoisotopic (exact) mass is 554 g/mol. The molecule has 0 aromatic carbocycles. The van der Waals surface area contributed by atoms with E-state index in [0.717, 1.165) is 22.3 Å². The van der Waals surface area contributed by atoms with Crippen LogP contribution in [0.4, 0.5) is 0 Å². The average molecular weight is 555 g/mol. The third kappa shape index (κ3) is 15.9. The van der Waals surface area contributed by atoms with Gasteiger partial charge in [0.2, 0.25) is 0 Å². The summed E-state index contributed by atoms with van der Waals surface area (Å²) < 4.78 is 21.1. The molecule has 0 bridgehead atoms.